The van der Waals surface area contributed by atoms with Crippen LogP contribution < -0.4 is 0 Å². The van der Waals surface area contributed by atoms with Gasteiger partial charge in [-0.25, -0.2) is 4.79 Å². The molecule has 0 atom stereocenters. The molecule has 0 radical (unpaired) electrons. The summed E-state index contributed by atoms with van der Waals surface area (Å²) in [5.41, 5.74) is 8.27. The van der Waals surface area contributed by atoms with Gasteiger partial charge in [-0.15, -0.1) is 0 Å². The number of nitrogens with zero attached hydrogens (tertiary/aromatic N) is 3. The van der Waals surface area contributed by atoms with Crippen LogP contribution in [-0.2, 0) is 0 Å². The zero-order valence-electron chi connectivity index (χ0n) is 11.0. The molecule has 1 aliphatic rings. The Labute approximate surface area is 123 Å². The number of hydrogen-bond donors (Lipinski definition) is 1. The fraction of sp³-hybridized carbons (Fsp3) is 0. The van der Waals surface area contributed by atoms with Crippen LogP contribution in [0.2, 0.25) is 0 Å². The van der Waals surface area contributed by atoms with Crippen LogP contribution in [0.1, 0.15) is 42.2 Å². The molecule has 2 aromatic carbocycles. The maximum Gasteiger partial charge on any atom is 0.336 e. The first-order valence-corrected chi connectivity index (χ1v) is 6.20. The van der Waals surface area contributed by atoms with E-state index in [9.17, 15) is 14.4 Å². The minimum Gasteiger partial charge on any atom is -0.478 e. The van der Waals surface area contributed by atoms with Crippen LogP contribution in [0, 0.1) is 0 Å². The SMILES string of the molecule is [N-]=[N+]=Nc1c(C(=O)O)ccc2c1C(=O)c1ccccc1C2=O. The van der Waals surface area contributed by atoms with E-state index >= 15 is 0 Å². The Morgan fingerprint density at radius 2 is 1.64 bits per heavy atom. The van der Waals surface area contributed by atoms with Crippen molar-refractivity contribution in [2.75, 3.05) is 0 Å². The molecule has 1 aliphatic carbocycles. The molecular formula is C15H7N3O4. The van der Waals surface area contributed by atoms with E-state index < -0.39 is 17.5 Å². The molecule has 3 rings (SSSR count). The van der Waals surface area contributed by atoms with Gasteiger partial charge in [0.2, 0.25) is 0 Å². The van der Waals surface area contributed by atoms with Gasteiger partial charge in [0.25, 0.3) is 0 Å². The van der Waals surface area contributed by atoms with Crippen molar-refractivity contribution in [3.05, 3.63) is 74.7 Å². The highest BCUT2D eigenvalue weighted by atomic mass is 16.4. The van der Waals surface area contributed by atoms with E-state index in [1.807, 2.05) is 0 Å². The number of carbonyl (C=O) groups excluding carboxylic acids is 2. The van der Waals surface area contributed by atoms with E-state index in [2.05, 4.69) is 10.0 Å². The largest absolute Gasteiger partial charge is 0.478 e. The number of hydrogen-bond acceptors (Lipinski definition) is 4. The number of rotatable bonds is 2. The van der Waals surface area contributed by atoms with Crippen molar-refractivity contribution < 1.29 is 19.5 Å². The van der Waals surface area contributed by atoms with Crippen molar-refractivity contribution in [2.24, 2.45) is 5.11 Å². The lowest BCUT2D eigenvalue weighted by atomic mass is 9.82. The van der Waals surface area contributed by atoms with Gasteiger partial charge in [0, 0.05) is 27.2 Å². The quantitative estimate of drug-likeness (QED) is 0.443. The van der Waals surface area contributed by atoms with Gasteiger partial charge < -0.3 is 5.11 Å². The highest BCUT2D eigenvalue weighted by molar-refractivity contribution is 6.30. The Bertz CT molecular complexity index is 911. The van der Waals surface area contributed by atoms with Crippen LogP contribution in [0.5, 0.6) is 0 Å². The van der Waals surface area contributed by atoms with Crippen LogP contribution in [0.3, 0.4) is 0 Å². The van der Waals surface area contributed by atoms with E-state index in [0.717, 1.165) is 6.07 Å². The zero-order valence-corrected chi connectivity index (χ0v) is 11.0. The fourth-order valence-corrected chi connectivity index (χ4v) is 2.49. The molecule has 0 heterocycles. The zero-order chi connectivity index (χ0) is 15.9. The predicted octanol–water partition coefficient (Wildman–Crippen LogP) is 3.10. The van der Waals surface area contributed by atoms with Crippen molar-refractivity contribution in [1.82, 2.24) is 0 Å². The van der Waals surface area contributed by atoms with Crippen LogP contribution in [0.15, 0.2) is 41.5 Å². The molecule has 106 valence electrons. The van der Waals surface area contributed by atoms with Crippen molar-refractivity contribution in [2.45, 2.75) is 0 Å². The first-order chi connectivity index (χ1) is 10.6. The second kappa shape index (κ2) is 4.83. The number of carboxylic acids is 1. The Morgan fingerprint density at radius 3 is 2.23 bits per heavy atom. The molecule has 1 N–H and O–H groups in total. The first kappa shape index (κ1) is 13.5. The predicted molar refractivity (Wildman–Crippen MR) is 75.5 cm³/mol. The van der Waals surface area contributed by atoms with E-state index in [1.165, 1.54) is 18.2 Å². The topological polar surface area (TPSA) is 120 Å². The van der Waals surface area contributed by atoms with Gasteiger partial charge >= 0.3 is 5.97 Å². The number of ketones is 2. The highest BCUT2D eigenvalue weighted by Gasteiger charge is 2.33. The average Bonchev–Trinajstić information content (AvgIpc) is 2.52. The molecule has 0 amide bonds. The molecule has 0 aromatic heterocycles. The van der Waals surface area contributed by atoms with E-state index in [0.29, 0.717) is 0 Å². The maximum absolute atomic E-state index is 12.6. The molecule has 2 aromatic rings. The van der Waals surface area contributed by atoms with Crippen LogP contribution >= 0.6 is 0 Å². The summed E-state index contributed by atoms with van der Waals surface area (Å²) in [7, 11) is 0. The van der Waals surface area contributed by atoms with Crippen LogP contribution in [0.25, 0.3) is 10.4 Å². The van der Waals surface area contributed by atoms with Gasteiger partial charge in [0.05, 0.1) is 11.3 Å². The highest BCUT2D eigenvalue weighted by Crippen LogP contribution is 2.35. The lowest BCUT2D eigenvalue weighted by molar-refractivity contribution is 0.0697. The van der Waals surface area contributed by atoms with Crippen molar-refractivity contribution in [3.8, 4) is 0 Å². The number of benzene rings is 2. The Balaban J connectivity index is 2.40. The number of carboxylic acid groups (broad SMARTS) is 1. The van der Waals surface area contributed by atoms with Gasteiger partial charge in [-0.1, -0.05) is 29.4 Å². The van der Waals surface area contributed by atoms with Gasteiger partial charge in [-0.3, -0.25) is 9.59 Å². The summed E-state index contributed by atoms with van der Waals surface area (Å²) in [6.07, 6.45) is 0. The molecule has 0 saturated heterocycles. The molecule has 0 spiro atoms. The lowest BCUT2D eigenvalue weighted by Crippen LogP contribution is -2.21. The smallest absolute Gasteiger partial charge is 0.336 e. The summed E-state index contributed by atoms with van der Waals surface area (Å²) in [6, 6.07) is 8.66. The number of carbonyl (C=O) groups is 3. The second-order valence-corrected chi connectivity index (χ2v) is 4.58. The minimum absolute atomic E-state index is 0.0381. The second-order valence-electron chi connectivity index (χ2n) is 4.58. The first-order valence-electron chi connectivity index (χ1n) is 6.20. The van der Waals surface area contributed by atoms with Crippen molar-refractivity contribution >= 4 is 23.2 Å². The molecule has 7 nitrogen and oxygen atoms in total. The average molecular weight is 293 g/mol. The third-order valence-electron chi connectivity index (χ3n) is 3.44. The summed E-state index contributed by atoms with van der Waals surface area (Å²) in [5, 5.41) is 12.5. The molecule has 0 fully saturated rings. The fourth-order valence-electron chi connectivity index (χ4n) is 2.49. The normalized spacial score (nSPS) is 12.2. The van der Waals surface area contributed by atoms with E-state index in [1.54, 1.807) is 12.1 Å². The molecule has 22 heavy (non-hydrogen) atoms. The summed E-state index contributed by atoms with van der Waals surface area (Å²) >= 11 is 0. The molecular weight excluding hydrogens is 286 g/mol. The molecule has 0 aliphatic heterocycles. The Kier molecular flexibility index (Phi) is 2.98. The lowest BCUT2D eigenvalue weighted by Gasteiger charge is -2.19. The molecule has 0 bridgehead atoms. The van der Waals surface area contributed by atoms with E-state index in [-0.39, 0.29) is 33.5 Å². The van der Waals surface area contributed by atoms with Gasteiger partial charge in [0.1, 0.15) is 0 Å². The standard InChI is InChI=1S/C15H7N3O4/c16-18-17-12-10(15(21)22)6-5-9-11(12)14(20)8-4-2-1-3-7(8)13(9)19/h1-6H,(H,21,22). The number of azide groups is 1. The third-order valence-corrected chi connectivity index (χ3v) is 3.44. The molecule has 7 heteroatoms. The maximum atomic E-state index is 12.6. The summed E-state index contributed by atoms with van der Waals surface area (Å²) < 4.78 is 0. The Hall–Kier alpha value is -3.44. The third kappa shape index (κ3) is 1.77. The molecule has 0 unspecified atom stereocenters. The Morgan fingerprint density at radius 1 is 1.00 bits per heavy atom. The van der Waals surface area contributed by atoms with Gasteiger partial charge in [-0.05, 0) is 17.7 Å². The number of fused-ring (bicyclic) bond motifs is 2. The van der Waals surface area contributed by atoms with Crippen molar-refractivity contribution in [1.29, 1.82) is 0 Å². The van der Waals surface area contributed by atoms with Crippen LogP contribution in [0.4, 0.5) is 5.69 Å². The summed E-state index contributed by atoms with van der Waals surface area (Å²) in [5.74, 6) is -2.28. The molecule has 0 saturated carbocycles. The minimum atomic E-state index is -1.34. The van der Waals surface area contributed by atoms with Gasteiger partial charge in [0.15, 0.2) is 11.6 Å². The van der Waals surface area contributed by atoms with Crippen LogP contribution in [-0.4, -0.2) is 22.6 Å². The van der Waals surface area contributed by atoms with Crippen molar-refractivity contribution in [3.63, 3.8) is 0 Å². The van der Waals surface area contributed by atoms with Gasteiger partial charge in [-0.2, -0.15) is 0 Å². The summed E-state index contributed by atoms with van der Waals surface area (Å²) in [6.45, 7) is 0. The van der Waals surface area contributed by atoms with E-state index in [4.69, 9.17) is 10.6 Å². The number of aromatic carboxylic acids is 1. The monoisotopic (exact) mass is 293 g/mol. The summed E-state index contributed by atoms with van der Waals surface area (Å²) in [4.78, 5) is 38.9.